The number of esters is 1. The van der Waals surface area contributed by atoms with Gasteiger partial charge in [-0.1, -0.05) is 26.0 Å². The Morgan fingerprint density at radius 2 is 1.95 bits per heavy atom. The monoisotopic (exact) mass is 319 g/mol. The number of nitrogen functional groups attached to an aromatic ring is 1. The normalized spacial score (nSPS) is 10.7. The maximum Gasteiger partial charge on any atom is 0.341 e. The van der Waals surface area contributed by atoms with Crippen LogP contribution in [0.5, 0.6) is 5.75 Å². The van der Waals surface area contributed by atoms with Gasteiger partial charge in [-0.2, -0.15) is 0 Å². The third-order valence-corrected chi connectivity index (χ3v) is 3.86. The molecule has 1 heterocycles. The van der Waals surface area contributed by atoms with Crippen molar-refractivity contribution in [3.8, 4) is 16.9 Å². The third kappa shape index (κ3) is 3.80. The van der Waals surface area contributed by atoms with Crippen molar-refractivity contribution in [2.75, 3.05) is 18.9 Å². The molecule has 0 saturated heterocycles. The summed E-state index contributed by atoms with van der Waals surface area (Å²) in [4.78, 5) is 12.3. The first-order valence-corrected chi connectivity index (χ1v) is 8.18. The fraction of sp³-hybridized carbons (Fsp3) is 0.353. The van der Waals surface area contributed by atoms with Crippen LogP contribution in [0.4, 0.5) is 5.00 Å². The minimum Gasteiger partial charge on any atom is -0.494 e. The number of anilines is 1. The number of ether oxygens (including phenoxy) is 2. The molecule has 0 aliphatic rings. The first-order chi connectivity index (χ1) is 10.5. The van der Waals surface area contributed by atoms with Crippen molar-refractivity contribution in [1.82, 2.24) is 0 Å². The summed E-state index contributed by atoms with van der Waals surface area (Å²) in [5.41, 5.74) is 8.14. The quantitative estimate of drug-likeness (QED) is 0.810. The fourth-order valence-corrected chi connectivity index (χ4v) is 2.82. The first-order valence-electron chi connectivity index (χ1n) is 7.30. The topological polar surface area (TPSA) is 61.5 Å². The van der Waals surface area contributed by atoms with Gasteiger partial charge in [-0.3, -0.25) is 0 Å². The highest BCUT2D eigenvalue weighted by Crippen LogP contribution is 2.35. The van der Waals surface area contributed by atoms with Gasteiger partial charge in [0.1, 0.15) is 16.3 Å². The van der Waals surface area contributed by atoms with E-state index in [1.807, 2.05) is 50.4 Å². The molecule has 2 N–H and O–H groups in total. The number of nitrogens with two attached hydrogens (primary N) is 1. The second kappa shape index (κ2) is 7.31. The number of thiophene rings is 1. The summed E-state index contributed by atoms with van der Waals surface area (Å²) >= 11 is 1.35. The van der Waals surface area contributed by atoms with Crippen LogP contribution in [0.2, 0.25) is 0 Å². The molecular formula is C17H21NO3S. The zero-order valence-electron chi connectivity index (χ0n) is 13.1. The van der Waals surface area contributed by atoms with Crippen molar-refractivity contribution < 1.29 is 14.3 Å². The maximum absolute atomic E-state index is 12.3. The minimum atomic E-state index is -0.365. The largest absolute Gasteiger partial charge is 0.494 e. The number of benzene rings is 1. The lowest BCUT2D eigenvalue weighted by molar-refractivity contribution is 0.0461. The second-order valence-electron chi connectivity index (χ2n) is 5.34. The second-order valence-corrected chi connectivity index (χ2v) is 6.25. The van der Waals surface area contributed by atoms with Gasteiger partial charge in [0, 0.05) is 10.9 Å². The molecule has 0 amide bonds. The van der Waals surface area contributed by atoms with Crippen molar-refractivity contribution >= 4 is 22.3 Å². The highest BCUT2D eigenvalue weighted by molar-refractivity contribution is 7.14. The average Bonchev–Trinajstić information content (AvgIpc) is 2.88. The molecule has 2 rings (SSSR count). The van der Waals surface area contributed by atoms with Crippen LogP contribution in [0, 0.1) is 5.92 Å². The van der Waals surface area contributed by atoms with Gasteiger partial charge in [-0.05, 0) is 30.5 Å². The molecule has 0 atom stereocenters. The Hall–Kier alpha value is -2.01. The van der Waals surface area contributed by atoms with Gasteiger partial charge in [-0.25, -0.2) is 4.79 Å². The van der Waals surface area contributed by atoms with Crippen LogP contribution < -0.4 is 10.5 Å². The number of carbonyl (C=O) groups excluding carboxylic acids is 1. The van der Waals surface area contributed by atoms with Crippen LogP contribution in [0.3, 0.4) is 0 Å². The van der Waals surface area contributed by atoms with Crippen molar-refractivity contribution in [2.24, 2.45) is 5.92 Å². The number of hydrogen-bond donors (Lipinski definition) is 1. The lowest BCUT2D eigenvalue weighted by Crippen LogP contribution is -2.11. The summed E-state index contributed by atoms with van der Waals surface area (Å²) in [6.45, 7) is 6.94. The molecule has 4 nitrogen and oxygen atoms in total. The van der Waals surface area contributed by atoms with Gasteiger partial charge in [0.25, 0.3) is 0 Å². The summed E-state index contributed by atoms with van der Waals surface area (Å²) in [7, 11) is 0. The van der Waals surface area contributed by atoms with E-state index in [4.69, 9.17) is 15.2 Å². The van der Waals surface area contributed by atoms with Crippen molar-refractivity contribution in [2.45, 2.75) is 20.8 Å². The SMILES string of the molecule is CCOc1ccc(-c2csc(N)c2C(=O)OCC(C)C)cc1. The van der Waals surface area contributed by atoms with Crippen LogP contribution in [0.25, 0.3) is 11.1 Å². The van der Waals surface area contributed by atoms with E-state index in [-0.39, 0.29) is 11.9 Å². The Morgan fingerprint density at radius 1 is 1.27 bits per heavy atom. The first kappa shape index (κ1) is 16.4. The maximum atomic E-state index is 12.3. The standard InChI is InChI=1S/C17H21NO3S/c1-4-20-13-7-5-12(6-8-13)14-10-22-16(18)15(14)17(19)21-9-11(2)3/h5-8,10-11H,4,9,18H2,1-3H3. The number of rotatable bonds is 6. The van der Waals surface area contributed by atoms with Crippen molar-refractivity contribution in [3.05, 3.63) is 35.2 Å². The molecule has 5 heteroatoms. The molecule has 0 spiro atoms. The Kier molecular flexibility index (Phi) is 5.44. The van der Waals surface area contributed by atoms with Crippen LogP contribution in [0.15, 0.2) is 29.6 Å². The van der Waals surface area contributed by atoms with Gasteiger partial charge >= 0.3 is 5.97 Å². The molecule has 0 unspecified atom stereocenters. The highest BCUT2D eigenvalue weighted by Gasteiger charge is 2.20. The molecule has 0 fully saturated rings. The van der Waals surface area contributed by atoms with Crippen LogP contribution in [0.1, 0.15) is 31.1 Å². The molecule has 1 aromatic carbocycles. The Morgan fingerprint density at radius 3 is 2.55 bits per heavy atom. The fourth-order valence-electron chi connectivity index (χ4n) is 2.01. The molecule has 1 aromatic heterocycles. The summed E-state index contributed by atoms with van der Waals surface area (Å²) in [5, 5.41) is 2.37. The lowest BCUT2D eigenvalue weighted by atomic mass is 10.0. The third-order valence-electron chi connectivity index (χ3n) is 3.05. The lowest BCUT2D eigenvalue weighted by Gasteiger charge is -2.09. The van der Waals surface area contributed by atoms with E-state index in [1.54, 1.807) is 0 Å². The summed E-state index contributed by atoms with van der Waals surface area (Å²) in [6.07, 6.45) is 0. The molecule has 0 saturated carbocycles. The van der Waals surface area contributed by atoms with Gasteiger partial charge in [0.15, 0.2) is 0 Å². The highest BCUT2D eigenvalue weighted by atomic mass is 32.1. The van der Waals surface area contributed by atoms with Crippen LogP contribution >= 0.6 is 11.3 Å². The predicted octanol–water partition coefficient (Wildman–Crippen LogP) is 4.21. The predicted molar refractivity (Wildman–Crippen MR) is 90.5 cm³/mol. The van der Waals surface area contributed by atoms with E-state index in [9.17, 15) is 4.79 Å². The smallest absolute Gasteiger partial charge is 0.341 e. The Labute approximate surface area is 134 Å². The molecule has 118 valence electrons. The molecular weight excluding hydrogens is 298 g/mol. The molecule has 0 aliphatic carbocycles. The van der Waals surface area contributed by atoms with E-state index in [2.05, 4.69) is 0 Å². The van der Waals surface area contributed by atoms with Gasteiger partial charge in [0.05, 0.1) is 13.2 Å². The van der Waals surface area contributed by atoms with Crippen molar-refractivity contribution in [1.29, 1.82) is 0 Å². The molecule has 0 bridgehead atoms. The van der Waals surface area contributed by atoms with E-state index in [0.717, 1.165) is 16.9 Å². The Bertz CT molecular complexity index is 632. The Balaban J connectivity index is 2.26. The van der Waals surface area contributed by atoms with E-state index >= 15 is 0 Å². The molecule has 0 radical (unpaired) electrons. The van der Waals surface area contributed by atoms with Crippen LogP contribution in [-0.2, 0) is 4.74 Å². The zero-order valence-corrected chi connectivity index (χ0v) is 13.9. The van der Waals surface area contributed by atoms with Gasteiger partial charge in [-0.15, -0.1) is 11.3 Å². The summed E-state index contributed by atoms with van der Waals surface area (Å²) < 4.78 is 10.7. The van der Waals surface area contributed by atoms with E-state index in [1.165, 1.54) is 11.3 Å². The minimum absolute atomic E-state index is 0.290. The molecule has 0 aliphatic heterocycles. The van der Waals surface area contributed by atoms with E-state index < -0.39 is 0 Å². The molecule has 2 aromatic rings. The summed E-state index contributed by atoms with van der Waals surface area (Å²) in [6, 6.07) is 7.61. The van der Waals surface area contributed by atoms with Gasteiger partial charge < -0.3 is 15.2 Å². The zero-order chi connectivity index (χ0) is 16.1. The average molecular weight is 319 g/mol. The number of carbonyl (C=O) groups is 1. The number of hydrogen-bond acceptors (Lipinski definition) is 5. The van der Waals surface area contributed by atoms with E-state index in [0.29, 0.717) is 23.8 Å². The van der Waals surface area contributed by atoms with Crippen LogP contribution in [-0.4, -0.2) is 19.2 Å². The molecule has 22 heavy (non-hydrogen) atoms. The van der Waals surface area contributed by atoms with Gasteiger partial charge in [0.2, 0.25) is 0 Å². The summed E-state index contributed by atoms with van der Waals surface area (Å²) in [5.74, 6) is 0.729. The van der Waals surface area contributed by atoms with Crippen molar-refractivity contribution in [3.63, 3.8) is 0 Å².